The predicted molar refractivity (Wildman–Crippen MR) is 70.4 cm³/mol. The molecule has 0 saturated carbocycles. The van der Waals surface area contributed by atoms with Crippen molar-refractivity contribution in [2.75, 3.05) is 5.32 Å². The number of hydrogen-bond acceptors (Lipinski definition) is 5. The summed E-state index contributed by atoms with van der Waals surface area (Å²) in [6, 6.07) is 7.83. The molecule has 0 aliphatic carbocycles. The van der Waals surface area contributed by atoms with Crippen LogP contribution in [0.25, 0.3) is 11.5 Å². The Bertz CT molecular complexity index is 642. The molecule has 0 aliphatic heterocycles. The molecule has 3 aromatic rings. The third-order valence-corrected chi connectivity index (χ3v) is 2.73. The van der Waals surface area contributed by atoms with Gasteiger partial charge in [0, 0.05) is 11.3 Å². The lowest BCUT2D eigenvalue weighted by atomic mass is 10.2. The number of H-pyrrole nitrogens is 1. The molecule has 6 heteroatoms. The van der Waals surface area contributed by atoms with Gasteiger partial charge in [0.2, 0.25) is 12.3 Å². The monoisotopic (exact) mass is 255 g/mol. The Morgan fingerprint density at radius 1 is 1.26 bits per heavy atom. The molecule has 0 atom stereocenters. The standard InChI is InChI=1S/C13H13N5O/c1-9-14-6-12(17-9)7-15-11-4-2-10(3-5-11)13-18-16-8-19-13/h2-6,8,15H,7H2,1H3,(H,14,17). The first-order valence-electron chi connectivity index (χ1n) is 5.92. The van der Waals surface area contributed by atoms with Crippen molar-refractivity contribution in [2.45, 2.75) is 13.5 Å². The van der Waals surface area contributed by atoms with Crippen LogP contribution < -0.4 is 5.32 Å². The van der Waals surface area contributed by atoms with Gasteiger partial charge in [-0.1, -0.05) is 0 Å². The topological polar surface area (TPSA) is 79.6 Å². The van der Waals surface area contributed by atoms with Gasteiger partial charge in [-0.15, -0.1) is 10.2 Å². The number of benzene rings is 1. The van der Waals surface area contributed by atoms with Crippen molar-refractivity contribution < 1.29 is 4.42 Å². The highest BCUT2D eigenvalue weighted by molar-refractivity contribution is 5.58. The zero-order chi connectivity index (χ0) is 13.1. The Morgan fingerprint density at radius 2 is 2.11 bits per heavy atom. The van der Waals surface area contributed by atoms with Gasteiger partial charge in [0.25, 0.3) is 0 Å². The van der Waals surface area contributed by atoms with E-state index < -0.39 is 0 Å². The second-order valence-corrected chi connectivity index (χ2v) is 4.17. The second-order valence-electron chi connectivity index (χ2n) is 4.17. The van der Waals surface area contributed by atoms with E-state index in [9.17, 15) is 0 Å². The summed E-state index contributed by atoms with van der Waals surface area (Å²) in [5, 5.41) is 10.8. The van der Waals surface area contributed by atoms with Crippen molar-refractivity contribution >= 4 is 5.69 Å². The first kappa shape index (κ1) is 11.5. The smallest absolute Gasteiger partial charge is 0.247 e. The van der Waals surface area contributed by atoms with Crippen LogP contribution in [0.2, 0.25) is 0 Å². The number of nitrogens with one attached hydrogen (secondary N) is 2. The predicted octanol–water partition coefficient (Wildman–Crippen LogP) is 2.38. The van der Waals surface area contributed by atoms with Crippen molar-refractivity contribution in [3.63, 3.8) is 0 Å². The molecule has 2 aromatic heterocycles. The van der Waals surface area contributed by atoms with Gasteiger partial charge in [0.1, 0.15) is 5.82 Å². The van der Waals surface area contributed by atoms with Crippen molar-refractivity contribution in [3.05, 3.63) is 48.4 Å². The van der Waals surface area contributed by atoms with Crippen molar-refractivity contribution in [1.82, 2.24) is 20.2 Å². The summed E-state index contributed by atoms with van der Waals surface area (Å²) in [5.41, 5.74) is 2.98. The molecule has 2 N–H and O–H groups in total. The molecule has 96 valence electrons. The van der Waals surface area contributed by atoms with E-state index in [0.29, 0.717) is 12.4 Å². The fourth-order valence-corrected chi connectivity index (χ4v) is 1.79. The van der Waals surface area contributed by atoms with Crippen LogP contribution in [0.15, 0.2) is 41.3 Å². The molecular formula is C13H13N5O. The van der Waals surface area contributed by atoms with Gasteiger partial charge in [0.05, 0.1) is 18.4 Å². The summed E-state index contributed by atoms with van der Waals surface area (Å²) < 4.78 is 5.14. The molecule has 0 radical (unpaired) electrons. The molecule has 0 bridgehead atoms. The fraction of sp³-hybridized carbons (Fsp3) is 0.154. The van der Waals surface area contributed by atoms with Crippen LogP contribution in [0.3, 0.4) is 0 Å². The number of aryl methyl sites for hydroxylation is 1. The maximum absolute atomic E-state index is 5.14. The van der Waals surface area contributed by atoms with Gasteiger partial charge in [0.15, 0.2) is 0 Å². The van der Waals surface area contributed by atoms with E-state index in [2.05, 4.69) is 25.5 Å². The minimum atomic E-state index is 0.524. The first-order chi connectivity index (χ1) is 9.31. The minimum Gasteiger partial charge on any atom is -0.423 e. The van der Waals surface area contributed by atoms with Gasteiger partial charge in [-0.05, 0) is 31.2 Å². The van der Waals surface area contributed by atoms with E-state index in [0.717, 1.165) is 22.8 Å². The molecule has 0 amide bonds. The highest BCUT2D eigenvalue weighted by Crippen LogP contribution is 2.19. The molecule has 3 rings (SSSR count). The van der Waals surface area contributed by atoms with Gasteiger partial charge in [-0.25, -0.2) is 4.98 Å². The molecule has 0 aliphatic rings. The molecule has 1 aromatic carbocycles. The number of anilines is 1. The molecule has 0 saturated heterocycles. The molecular weight excluding hydrogens is 242 g/mol. The number of rotatable bonds is 4. The van der Waals surface area contributed by atoms with Gasteiger partial charge in [-0.3, -0.25) is 0 Å². The Hall–Kier alpha value is -2.63. The van der Waals surface area contributed by atoms with Crippen molar-refractivity contribution in [3.8, 4) is 11.5 Å². The third kappa shape index (κ3) is 2.62. The van der Waals surface area contributed by atoms with Crippen molar-refractivity contribution in [1.29, 1.82) is 0 Å². The quantitative estimate of drug-likeness (QED) is 0.748. The average molecular weight is 255 g/mol. The van der Waals surface area contributed by atoms with Gasteiger partial charge < -0.3 is 14.7 Å². The molecule has 0 spiro atoms. The molecule has 19 heavy (non-hydrogen) atoms. The maximum atomic E-state index is 5.14. The summed E-state index contributed by atoms with van der Waals surface area (Å²) in [6.45, 7) is 2.64. The van der Waals surface area contributed by atoms with Crippen LogP contribution in [-0.2, 0) is 6.54 Å². The van der Waals surface area contributed by atoms with Crippen LogP contribution in [-0.4, -0.2) is 20.2 Å². The number of aromatic nitrogens is 4. The molecule has 0 fully saturated rings. The summed E-state index contributed by atoms with van der Waals surface area (Å²) in [5.74, 6) is 1.44. The minimum absolute atomic E-state index is 0.524. The summed E-state index contributed by atoms with van der Waals surface area (Å²) >= 11 is 0. The van der Waals surface area contributed by atoms with Gasteiger partial charge in [-0.2, -0.15) is 0 Å². The van der Waals surface area contributed by atoms with E-state index in [1.165, 1.54) is 6.39 Å². The highest BCUT2D eigenvalue weighted by atomic mass is 16.4. The largest absolute Gasteiger partial charge is 0.423 e. The third-order valence-electron chi connectivity index (χ3n) is 2.73. The van der Waals surface area contributed by atoms with E-state index in [4.69, 9.17) is 4.42 Å². The van der Waals surface area contributed by atoms with Gasteiger partial charge >= 0.3 is 0 Å². The Labute approximate surface area is 109 Å². The van der Waals surface area contributed by atoms with Crippen LogP contribution in [0.1, 0.15) is 11.5 Å². The normalized spacial score (nSPS) is 10.6. The fourth-order valence-electron chi connectivity index (χ4n) is 1.79. The van der Waals surface area contributed by atoms with Crippen LogP contribution >= 0.6 is 0 Å². The van der Waals surface area contributed by atoms with E-state index >= 15 is 0 Å². The number of nitrogens with zero attached hydrogens (tertiary/aromatic N) is 3. The lowest BCUT2D eigenvalue weighted by Crippen LogP contribution is -1.99. The van der Waals surface area contributed by atoms with Crippen LogP contribution in [0, 0.1) is 6.92 Å². The highest BCUT2D eigenvalue weighted by Gasteiger charge is 2.03. The van der Waals surface area contributed by atoms with Crippen LogP contribution in [0.5, 0.6) is 0 Å². The Morgan fingerprint density at radius 3 is 2.74 bits per heavy atom. The van der Waals surface area contributed by atoms with E-state index in [1.807, 2.05) is 37.4 Å². The van der Waals surface area contributed by atoms with E-state index in [1.54, 1.807) is 0 Å². The number of hydrogen-bond donors (Lipinski definition) is 2. The molecule has 2 heterocycles. The SMILES string of the molecule is Cc1ncc(CNc2ccc(-c3nnco3)cc2)[nH]1. The molecule has 0 unspecified atom stereocenters. The number of imidazole rings is 1. The Kier molecular flexibility index (Phi) is 2.97. The first-order valence-corrected chi connectivity index (χ1v) is 5.92. The van der Waals surface area contributed by atoms with Crippen molar-refractivity contribution in [2.24, 2.45) is 0 Å². The summed E-state index contributed by atoms with van der Waals surface area (Å²) in [4.78, 5) is 7.33. The average Bonchev–Trinajstić information content (AvgIpc) is 3.08. The zero-order valence-electron chi connectivity index (χ0n) is 10.4. The molecule has 6 nitrogen and oxygen atoms in total. The maximum Gasteiger partial charge on any atom is 0.247 e. The summed E-state index contributed by atoms with van der Waals surface area (Å²) in [6.07, 6.45) is 3.15. The number of aromatic amines is 1. The second kappa shape index (κ2) is 4.93. The summed E-state index contributed by atoms with van der Waals surface area (Å²) in [7, 11) is 0. The van der Waals surface area contributed by atoms with E-state index in [-0.39, 0.29) is 0 Å². The van der Waals surface area contributed by atoms with Crippen LogP contribution in [0.4, 0.5) is 5.69 Å². The Balaban J connectivity index is 1.66. The zero-order valence-corrected chi connectivity index (χ0v) is 10.4. The lowest BCUT2D eigenvalue weighted by molar-refractivity contribution is 0.568. The lowest BCUT2D eigenvalue weighted by Gasteiger charge is -2.05.